The van der Waals surface area contributed by atoms with Crippen molar-refractivity contribution < 1.29 is 56.8 Å². The van der Waals surface area contributed by atoms with Crippen molar-refractivity contribution in [3.05, 3.63) is 91.4 Å². The average Bonchev–Trinajstić information content (AvgIpc) is 3.70. The van der Waals surface area contributed by atoms with Crippen molar-refractivity contribution in [1.82, 2.24) is 0 Å². The van der Waals surface area contributed by atoms with Gasteiger partial charge in [0.25, 0.3) is 11.4 Å². The maximum atomic E-state index is 12.1. The van der Waals surface area contributed by atoms with E-state index in [1.165, 1.54) is 62.8 Å². The van der Waals surface area contributed by atoms with Gasteiger partial charge in [0.15, 0.2) is 11.5 Å². The summed E-state index contributed by atoms with van der Waals surface area (Å²) in [7, 11) is 4.67. The molecule has 0 aliphatic carbocycles. The van der Waals surface area contributed by atoms with Crippen molar-refractivity contribution in [2.75, 3.05) is 52.2 Å². The predicted molar refractivity (Wildman–Crippen MR) is 175 cm³/mol. The second-order valence-corrected chi connectivity index (χ2v) is 9.66. The molecule has 264 valence electrons. The van der Waals surface area contributed by atoms with E-state index in [1.807, 2.05) is 0 Å². The van der Waals surface area contributed by atoms with Crippen LogP contribution in [0.5, 0.6) is 0 Å². The number of nitro groups is 2. The van der Waals surface area contributed by atoms with Gasteiger partial charge in [-0.2, -0.15) is 0 Å². The molecule has 2 N–H and O–H groups in total. The summed E-state index contributed by atoms with van der Waals surface area (Å²) in [5.74, 6) is -3.48. The number of non-ortho nitro benzene ring substituents is 2. The molecule has 0 aliphatic rings. The van der Waals surface area contributed by atoms with Crippen molar-refractivity contribution in [2.45, 2.75) is 13.8 Å². The lowest BCUT2D eigenvalue weighted by molar-refractivity contribution is -0.385. The Bertz CT molecular complexity index is 1760. The first kappa shape index (κ1) is 37.7. The molecule has 4 rings (SSSR count). The molecule has 0 unspecified atom stereocenters. The van der Waals surface area contributed by atoms with E-state index in [9.17, 15) is 39.4 Å². The summed E-state index contributed by atoms with van der Waals surface area (Å²) in [4.78, 5) is 68.7. The lowest BCUT2D eigenvalue weighted by Gasteiger charge is -2.06. The molecule has 0 radical (unpaired) electrons. The van der Waals surface area contributed by atoms with Gasteiger partial charge in [0.05, 0.1) is 49.7 Å². The Balaban J connectivity index is 0.000000270. The van der Waals surface area contributed by atoms with Crippen LogP contribution in [0.3, 0.4) is 0 Å². The van der Waals surface area contributed by atoms with E-state index < -0.39 is 33.7 Å². The highest BCUT2D eigenvalue weighted by atomic mass is 16.6. The molecule has 0 fully saturated rings. The van der Waals surface area contributed by atoms with Gasteiger partial charge in [-0.1, -0.05) is 0 Å². The van der Waals surface area contributed by atoms with E-state index in [2.05, 4.69) is 20.1 Å². The summed E-state index contributed by atoms with van der Waals surface area (Å²) >= 11 is 0. The third-order valence-electron chi connectivity index (χ3n) is 6.72. The van der Waals surface area contributed by atoms with E-state index in [0.29, 0.717) is 24.2 Å². The Labute approximate surface area is 283 Å². The van der Waals surface area contributed by atoms with Gasteiger partial charge in [-0.25, -0.2) is 19.2 Å². The molecule has 50 heavy (non-hydrogen) atoms. The second kappa shape index (κ2) is 16.9. The molecule has 0 saturated heterocycles. The zero-order valence-electron chi connectivity index (χ0n) is 27.6. The maximum absolute atomic E-state index is 12.1. The van der Waals surface area contributed by atoms with E-state index in [0.717, 1.165) is 14.2 Å². The van der Waals surface area contributed by atoms with Gasteiger partial charge in [-0.3, -0.25) is 20.2 Å². The predicted octanol–water partition coefficient (Wildman–Crippen LogP) is 5.72. The second-order valence-electron chi connectivity index (χ2n) is 9.66. The van der Waals surface area contributed by atoms with E-state index in [4.69, 9.17) is 18.3 Å². The SMILES string of the molecule is CCNc1c(-c2ccc([N+](=O)[O-])cc2)oc(C(=O)OC)c1C(=O)OC.CCNc1c(-c2ccc([N+](=O)[O-])cc2)oc(C(=O)OC)c1C(=O)OC. The minimum atomic E-state index is -0.840. The zero-order valence-corrected chi connectivity index (χ0v) is 27.6. The molecule has 0 aliphatic heterocycles. The van der Waals surface area contributed by atoms with Crippen LogP contribution in [0.1, 0.15) is 55.7 Å². The number of nitrogens with zero attached hydrogens (tertiary/aromatic N) is 2. The maximum Gasteiger partial charge on any atom is 0.374 e. The molecule has 2 aromatic carbocycles. The Morgan fingerprint density at radius 1 is 0.580 bits per heavy atom. The number of anilines is 2. The molecule has 0 bridgehead atoms. The minimum absolute atomic E-state index is 0.0930. The van der Waals surface area contributed by atoms with Crippen molar-refractivity contribution in [1.29, 1.82) is 0 Å². The topological polar surface area (TPSA) is 242 Å². The zero-order chi connectivity index (χ0) is 37.1. The van der Waals surface area contributed by atoms with Crippen LogP contribution in [0, 0.1) is 20.2 Å². The third kappa shape index (κ3) is 8.04. The normalized spacial score (nSPS) is 10.2. The Hall–Kier alpha value is -6.72. The summed E-state index contributed by atoms with van der Waals surface area (Å²) in [6.45, 7) is 4.46. The van der Waals surface area contributed by atoms with E-state index in [-0.39, 0.29) is 56.9 Å². The first-order valence-electron chi connectivity index (χ1n) is 14.5. The van der Waals surface area contributed by atoms with Gasteiger partial charge in [0.2, 0.25) is 11.5 Å². The summed E-state index contributed by atoms with van der Waals surface area (Å²) in [6.07, 6.45) is 0. The summed E-state index contributed by atoms with van der Waals surface area (Å²) < 4.78 is 29.8. The first-order valence-corrected chi connectivity index (χ1v) is 14.5. The number of hydrogen-bond donors (Lipinski definition) is 2. The number of hydrogen-bond acceptors (Lipinski definition) is 16. The minimum Gasteiger partial charge on any atom is -0.465 e. The highest BCUT2D eigenvalue weighted by molar-refractivity contribution is 6.09. The number of carbonyl (C=O) groups excluding carboxylic acids is 4. The quantitative estimate of drug-likeness (QED) is 0.0778. The van der Waals surface area contributed by atoms with Crippen molar-refractivity contribution in [3.63, 3.8) is 0 Å². The first-order chi connectivity index (χ1) is 23.9. The molecule has 18 nitrogen and oxygen atoms in total. The summed E-state index contributed by atoms with van der Waals surface area (Å²) in [5, 5.41) is 27.5. The van der Waals surface area contributed by atoms with Gasteiger partial charge in [0.1, 0.15) is 11.1 Å². The average molecular weight is 697 g/mol. The summed E-state index contributed by atoms with van der Waals surface area (Å²) in [6, 6.07) is 11.0. The van der Waals surface area contributed by atoms with Crippen molar-refractivity contribution in [3.8, 4) is 22.6 Å². The molecule has 18 heteroatoms. The fourth-order valence-electron chi connectivity index (χ4n) is 4.50. The number of nitro benzene ring substituents is 2. The fourth-order valence-corrected chi connectivity index (χ4v) is 4.50. The van der Waals surface area contributed by atoms with Crippen LogP contribution in [-0.4, -0.2) is 75.3 Å². The number of furan rings is 2. The number of ether oxygens (including phenoxy) is 4. The molecular weight excluding hydrogens is 664 g/mol. The van der Waals surface area contributed by atoms with Crippen LogP contribution in [0.25, 0.3) is 22.6 Å². The van der Waals surface area contributed by atoms with Crippen molar-refractivity contribution >= 4 is 46.6 Å². The van der Waals surface area contributed by atoms with Gasteiger partial charge in [-0.05, 0) is 38.1 Å². The van der Waals surface area contributed by atoms with Crippen LogP contribution in [0.2, 0.25) is 0 Å². The number of carbonyl (C=O) groups is 4. The standard InChI is InChI=1S/2C16H16N2O7/c2*1-4-17-12-11(15(19)23-2)14(16(20)24-3)25-13(12)9-5-7-10(8-6-9)18(21)22/h2*5-8,17H,4H2,1-3H3. The number of esters is 4. The van der Waals surface area contributed by atoms with E-state index in [1.54, 1.807) is 13.8 Å². The molecule has 0 amide bonds. The Morgan fingerprint density at radius 3 is 1.12 bits per heavy atom. The molecule has 4 aromatic rings. The molecule has 0 atom stereocenters. The highest BCUT2D eigenvalue weighted by Crippen LogP contribution is 2.39. The molecule has 2 heterocycles. The van der Waals surface area contributed by atoms with Crippen LogP contribution in [-0.2, 0) is 18.9 Å². The van der Waals surface area contributed by atoms with Crippen LogP contribution >= 0.6 is 0 Å². The number of rotatable bonds is 12. The monoisotopic (exact) mass is 696 g/mol. The highest BCUT2D eigenvalue weighted by Gasteiger charge is 2.33. The van der Waals surface area contributed by atoms with Gasteiger partial charge in [-0.15, -0.1) is 0 Å². The van der Waals surface area contributed by atoms with Crippen LogP contribution < -0.4 is 10.6 Å². The van der Waals surface area contributed by atoms with Gasteiger partial charge < -0.3 is 38.4 Å². The van der Waals surface area contributed by atoms with Gasteiger partial charge >= 0.3 is 23.9 Å². The molecule has 0 saturated carbocycles. The third-order valence-corrected chi connectivity index (χ3v) is 6.72. The molecular formula is C32H32N4O14. The summed E-state index contributed by atoms with van der Waals surface area (Å²) in [5.41, 5.74) is 1.02. The van der Waals surface area contributed by atoms with E-state index >= 15 is 0 Å². The van der Waals surface area contributed by atoms with Crippen LogP contribution in [0.15, 0.2) is 57.4 Å². The number of benzene rings is 2. The fraction of sp³-hybridized carbons (Fsp3) is 0.250. The number of nitrogens with one attached hydrogen (secondary N) is 2. The number of methoxy groups -OCH3 is 4. The lowest BCUT2D eigenvalue weighted by atomic mass is 10.1. The smallest absolute Gasteiger partial charge is 0.374 e. The van der Waals surface area contributed by atoms with Crippen LogP contribution in [0.4, 0.5) is 22.7 Å². The Kier molecular flexibility index (Phi) is 12.8. The molecule has 2 aromatic heterocycles. The molecule has 0 spiro atoms. The van der Waals surface area contributed by atoms with Crippen molar-refractivity contribution in [2.24, 2.45) is 0 Å². The van der Waals surface area contributed by atoms with Gasteiger partial charge in [0, 0.05) is 48.5 Å². The Morgan fingerprint density at radius 2 is 0.880 bits per heavy atom. The largest absolute Gasteiger partial charge is 0.465 e. The lowest BCUT2D eigenvalue weighted by Crippen LogP contribution is -2.12.